The second-order valence-corrected chi connectivity index (χ2v) is 13.4. The van der Waals surface area contributed by atoms with Gasteiger partial charge in [-0.1, -0.05) is 87.6 Å². The number of fused-ring (bicyclic) bond motifs is 3. The van der Waals surface area contributed by atoms with Crippen molar-refractivity contribution >= 4 is 34.9 Å². The van der Waals surface area contributed by atoms with E-state index in [0.717, 1.165) is 30.5 Å². The lowest BCUT2D eigenvalue weighted by atomic mass is 9.49. The number of carbonyl (C=O) groups excluding carboxylic acids is 1. The molecule has 1 N–H and O–H groups in total. The average molecular weight is 564 g/mol. The van der Waals surface area contributed by atoms with Crippen molar-refractivity contribution in [2.75, 3.05) is 11.9 Å². The Balaban J connectivity index is 1.44. The zero-order valence-corrected chi connectivity index (χ0v) is 25.1. The average Bonchev–Trinajstić information content (AvgIpc) is 2.90. The number of anilines is 1. The van der Waals surface area contributed by atoms with Gasteiger partial charge in [0.15, 0.2) is 0 Å². The molecule has 0 spiro atoms. The first-order valence-corrected chi connectivity index (χ1v) is 15.0. The van der Waals surface area contributed by atoms with Crippen molar-refractivity contribution in [2.24, 2.45) is 11.3 Å². The van der Waals surface area contributed by atoms with Crippen molar-refractivity contribution in [3.63, 3.8) is 0 Å². The molecule has 3 aromatic carbocycles. The molecular formula is C34H40Cl2N2O. The van der Waals surface area contributed by atoms with Gasteiger partial charge in [-0.3, -0.25) is 0 Å². The Morgan fingerprint density at radius 3 is 2.31 bits per heavy atom. The minimum Gasteiger partial charge on any atom is -0.320 e. The molecular weight excluding hydrogens is 523 g/mol. The third-order valence-corrected chi connectivity index (χ3v) is 9.89. The fraction of sp³-hybridized carbons (Fsp3) is 0.441. The van der Waals surface area contributed by atoms with Crippen LogP contribution in [-0.4, -0.2) is 17.5 Å². The van der Waals surface area contributed by atoms with Gasteiger partial charge < -0.3 is 10.2 Å². The van der Waals surface area contributed by atoms with Crippen LogP contribution in [0.15, 0.2) is 66.7 Å². The number of nitrogens with one attached hydrogen (secondary N) is 1. The molecule has 2 amide bonds. The van der Waals surface area contributed by atoms with Crippen LogP contribution in [0.4, 0.5) is 10.5 Å². The quantitative estimate of drug-likeness (QED) is 0.318. The number of carbonyl (C=O) groups is 1. The van der Waals surface area contributed by atoms with Crippen LogP contribution in [0.1, 0.15) is 81.5 Å². The summed E-state index contributed by atoms with van der Waals surface area (Å²) in [6, 6.07) is 22.3. The first-order valence-electron chi connectivity index (χ1n) is 14.3. The zero-order chi connectivity index (χ0) is 27.8. The Morgan fingerprint density at radius 1 is 0.974 bits per heavy atom. The van der Waals surface area contributed by atoms with E-state index in [2.05, 4.69) is 51.2 Å². The molecule has 39 heavy (non-hydrogen) atoms. The van der Waals surface area contributed by atoms with Gasteiger partial charge in [0.25, 0.3) is 0 Å². The van der Waals surface area contributed by atoms with E-state index in [4.69, 9.17) is 23.2 Å². The molecule has 5 heteroatoms. The fourth-order valence-electron chi connectivity index (χ4n) is 7.37. The van der Waals surface area contributed by atoms with Gasteiger partial charge in [-0.05, 0) is 107 Å². The predicted octanol–water partition coefficient (Wildman–Crippen LogP) is 9.86. The van der Waals surface area contributed by atoms with Crippen LogP contribution in [0.3, 0.4) is 0 Å². The first kappa shape index (κ1) is 28.1. The van der Waals surface area contributed by atoms with E-state index < -0.39 is 0 Å². The van der Waals surface area contributed by atoms with Crippen LogP contribution in [-0.2, 0) is 18.4 Å². The number of hydrogen-bond donors (Lipinski definition) is 1. The van der Waals surface area contributed by atoms with Gasteiger partial charge in [0.1, 0.15) is 0 Å². The highest BCUT2D eigenvalue weighted by atomic mass is 35.5. The number of benzene rings is 3. The third kappa shape index (κ3) is 5.86. The molecule has 0 saturated heterocycles. The van der Waals surface area contributed by atoms with Crippen molar-refractivity contribution in [2.45, 2.75) is 77.7 Å². The standard InChI is InChI=1S/C34H40Cl2N2O/c1-23(2)25-8-16-30-26(20-25)9-17-31-33(3,18-5-19-34(30,31)4)22-38(21-24-6-10-27(35)11-7-24)32(39)37-29-14-12-28(36)13-15-29/h6-8,10-16,20,23,31H,5,9,17-19,21-22H2,1-4H3,(H,37,39). The Bertz CT molecular complexity index is 1320. The second kappa shape index (κ2) is 11.2. The van der Waals surface area contributed by atoms with Gasteiger partial charge >= 0.3 is 6.03 Å². The minimum atomic E-state index is -0.0847. The topological polar surface area (TPSA) is 32.3 Å². The van der Waals surface area contributed by atoms with Crippen molar-refractivity contribution in [1.82, 2.24) is 4.90 Å². The van der Waals surface area contributed by atoms with Crippen molar-refractivity contribution in [3.05, 3.63) is 99.0 Å². The van der Waals surface area contributed by atoms with E-state index >= 15 is 0 Å². The Hall–Kier alpha value is -2.49. The maximum Gasteiger partial charge on any atom is 0.322 e. The summed E-state index contributed by atoms with van der Waals surface area (Å²) in [5.74, 6) is 1.05. The largest absolute Gasteiger partial charge is 0.322 e. The number of hydrogen-bond acceptors (Lipinski definition) is 1. The monoisotopic (exact) mass is 562 g/mol. The molecule has 3 nitrogen and oxygen atoms in total. The smallest absolute Gasteiger partial charge is 0.320 e. The SMILES string of the molecule is CC(C)c1ccc2c(c1)CCC1C(C)(CN(Cc3ccc(Cl)cc3)C(=O)Nc3ccc(Cl)cc3)CCCC21C. The molecule has 3 atom stereocenters. The summed E-state index contributed by atoms with van der Waals surface area (Å²) in [6.45, 7) is 10.7. The third-order valence-electron chi connectivity index (χ3n) is 9.39. The van der Waals surface area contributed by atoms with Crippen LogP contribution in [0.5, 0.6) is 0 Å². The highest BCUT2D eigenvalue weighted by Gasteiger charge is 2.52. The van der Waals surface area contributed by atoms with E-state index in [1.807, 2.05) is 41.3 Å². The predicted molar refractivity (Wildman–Crippen MR) is 164 cm³/mol. The molecule has 2 aliphatic rings. The van der Waals surface area contributed by atoms with E-state index in [9.17, 15) is 4.79 Å². The molecule has 1 fully saturated rings. The van der Waals surface area contributed by atoms with Crippen molar-refractivity contribution in [1.29, 1.82) is 0 Å². The van der Waals surface area contributed by atoms with Gasteiger partial charge in [0.2, 0.25) is 0 Å². The summed E-state index contributed by atoms with van der Waals surface area (Å²) in [5, 5.41) is 4.48. The van der Waals surface area contributed by atoms with Crippen LogP contribution in [0, 0.1) is 11.3 Å². The van der Waals surface area contributed by atoms with E-state index in [-0.39, 0.29) is 16.9 Å². The van der Waals surface area contributed by atoms with Gasteiger partial charge in [0.05, 0.1) is 0 Å². The summed E-state index contributed by atoms with van der Waals surface area (Å²) in [6.07, 6.45) is 5.77. The summed E-state index contributed by atoms with van der Waals surface area (Å²) in [4.78, 5) is 15.8. The lowest BCUT2D eigenvalue weighted by molar-refractivity contribution is 0.00467. The summed E-state index contributed by atoms with van der Waals surface area (Å²) >= 11 is 12.2. The van der Waals surface area contributed by atoms with E-state index in [0.29, 0.717) is 35.0 Å². The Morgan fingerprint density at radius 2 is 1.64 bits per heavy atom. The molecule has 0 heterocycles. The highest BCUT2D eigenvalue weighted by molar-refractivity contribution is 6.30. The molecule has 1 saturated carbocycles. The number of amides is 2. The first-order chi connectivity index (χ1) is 18.6. The molecule has 0 bridgehead atoms. The molecule has 3 aromatic rings. The van der Waals surface area contributed by atoms with Crippen LogP contribution in [0.25, 0.3) is 0 Å². The fourth-order valence-corrected chi connectivity index (χ4v) is 7.63. The van der Waals surface area contributed by atoms with E-state index in [1.165, 1.54) is 29.5 Å². The minimum absolute atomic E-state index is 0.00513. The molecule has 206 valence electrons. The second-order valence-electron chi connectivity index (χ2n) is 12.5. The normalized spacial score (nSPS) is 24.1. The number of urea groups is 1. The summed E-state index contributed by atoms with van der Waals surface area (Å²) < 4.78 is 0. The van der Waals surface area contributed by atoms with Crippen molar-refractivity contribution < 1.29 is 4.79 Å². The molecule has 0 aliphatic heterocycles. The van der Waals surface area contributed by atoms with Crippen LogP contribution in [0.2, 0.25) is 10.0 Å². The Labute approximate surface area is 243 Å². The Kier molecular flexibility index (Phi) is 8.04. The van der Waals surface area contributed by atoms with Gasteiger partial charge in [-0.25, -0.2) is 4.79 Å². The summed E-state index contributed by atoms with van der Waals surface area (Å²) in [5.41, 5.74) is 6.44. The molecule has 3 unspecified atom stereocenters. The van der Waals surface area contributed by atoms with E-state index in [1.54, 1.807) is 12.1 Å². The number of halogens is 2. The van der Waals surface area contributed by atoms with Crippen LogP contribution >= 0.6 is 23.2 Å². The molecule has 5 rings (SSSR count). The maximum atomic E-state index is 13.8. The lowest BCUT2D eigenvalue weighted by Crippen LogP contribution is -2.54. The van der Waals surface area contributed by atoms with Gasteiger partial charge in [0, 0.05) is 28.8 Å². The number of nitrogens with zero attached hydrogens (tertiary/aromatic N) is 1. The summed E-state index contributed by atoms with van der Waals surface area (Å²) in [7, 11) is 0. The zero-order valence-electron chi connectivity index (χ0n) is 23.6. The van der Waals surface area contributed by atoms with Crippen molar-refractivity contribution in [3.8, 4) is 0 Å². The number of rotatable bonds is 6. The molecule has 2 aliphatic carbocycles. The molecule has 0 aromatic heterocycles. The van der Waals surface area contributed by atoms with Crippen LogP contribution < -0.4 is 5.32 Å². The van der Waals surface area contributed by atoms with Gasteiger partial charge in [-0.2, -0.15) is 0 Å². The lowest BCUT2D eigenvalue weighted by Gasteiger charge is -2.56. The van der Waals surface area contributed by atoms with Gasteiger partial charge in [-0.15, -0.1) is 0 Å². The highest BCUT2D eigenvalue weighted by Crippen LogP contribution is 2.57. The maximum absolute atomic E-state index is 13.8. The number of aryl methyl sites for hydroxylation is 1. The molecule has 0 radical (unpaired) electrons.